The monoisotopic (exact) mass is 286 g/mol. The van der Waals surface area contributed by atoms with Crippen molar-refractivity contribution in [2.45, 2.75) is 33.1 Å². The van der Waals surface area contributed by atoms with E-state index in [0.717, 1.165) is 12.8 Å². The third kappa shape index (κ3) is 5.11. The maximum atomic E-state index is 13.5. The standard InChI is InChI=1S/C11H13FN2O.C2H6.CH4S/c12-9-7-8(13)4-5-10(9)14-6-2-1-3-11(14)15;2*1-2/h4-5,7H,1-3,6,13H2;1-2H3;2H,1H3. The number of hydrogen-bond donors (Lipinski definition) is 2. The van der Waals surface area contributed by atoms with E-state index in [0.29, 0.717) is 24.3 Å². The summed E-state index contributed by atoms with van der Waals surface area (Å²) in [6.07, 6.45) is 4.02. The molecule has 1 aliphatic heterocycles. The van der Waals surface area contributed by atoms with Crippen molar-refractivity contribution in [2.24, 2.45) is 0 Å². The number of nitrogen functional groups attached to an aromatic ring is 1. The van der Waals surface area contributed by atoms with Gasteiger partial charge in [-0.05, 0) is 37.3 Å². The zero-order valence-corrected chi connectivity index (χ0v) is 12.7. The molecule has 0 saturated carbocycles. The van der Waals surface area contributed by atoms with E-state index in [9.17, 15) is 9.18 Å². The maximum Gasteiger partial charge on any atom is 0.227 e. The van der Waals surface area contributed by atoms with Crippen LogP contribution in [0.3, 0.4) is 0 Å². The molecule has 0 unspecified atom stereocenters. The zero-order chi connectivity index (χ0) is 14.8. The van der Waals surface area contributed by atoms with Gasteiger partial charge in [0.2, 0.25) is 5.91 Å². The molecule has 0 radical (unpaired) electrons. The summed E-state index contributed by atoms with van der Waals surface area (Å²) in [6.45, 7) is 4.60. The molecule has 0 bridgehead atoms. The van der Waals surface area contributed by atoms with Crippen LogP contribution in [0.25, 0.3) is 0 Å². The van der Waals surface area contributed by atoms with E-state index in [1.165, 1.54) is 11.0 Å². The quantitative estimate of drug-likeness (QED) is 0.613. The third-order valence-electron chi connectivity index (χ3n) is 2.59. The number of nitrogens with zero attached hydrogens (tertiary/aromatic N) is 1. The molecular weight excluding hydrogens is 263 g/mol. The Hall–Kier alpha value is -1.23. The second-order valence-electron chi connectivity index (χ2n) is 3.71. The highest BCUT2D eigenvalue weighted by Crippen LogP contribution is 2.25. The van der Waals surface area contributed by atoms with Crippen LogP contribution in [0.15, 0.2) is 18.2 Å². The number of rotatable bonds is 1. The summed E-state index contributed by atoms with van der Waals surface area (Å²) in [5.41, 5.74) is 6.17. The van der Waals surface area contributed by atoms with E-state index < -0.39 is 5.82 Å². The fraction of sp³-hybridized carbons (Fsp3) is 0.500. The van der Waals surface area contributed by atoms with Gasteiger partial charge in [-0.3, -0.25) is 4.79 Å². The Morgan fingerprint density at radius 1 is 1.26 bits per heavy atom. The van der Waals surface area contributed by atoms with Gasteiger partial charge in [0.05, 0.1) is 5.69 Å². The van der Waals surface area contributed by atoms with Crippen LogP contribution in [0.4, 0.5) is 15.8 Å². The fourth-order valence-electron chi connectivity index (χ4n) is 1.80. The minimum atomic E-state index is -0.426. The van der Waals surface area contributed by atoms with Gasteiger partial charge in [-0.2, -0.15) is 12.6 Å². The minimum Gasteiger partial charge on any atom is -0.399 e. The highest BCUT2D eigenvalue weighted by Gasteiger charge is 2.21. The van der Waals surface area contributed by atoms with Crippen molar-refractivity contribution in [2.75, 3.05) is 23.4 Å². The average molecular weight is 286 g/mol. The molecule has 108 valence electrons. The summed E-state index contributed by atoms with van der Waals surface area (Å²) in [5, 5.41) is 0. The smallest absolute Gasteiger partial charge is 0.227 e. The molecule has 0 atom stereocenters. The number of piperidine rings is 1. The molecule has 1 aromatic rings. The van der Waals surface area contributed by atoms with Crippen LogP contribution in [-0.4, -0.2) is 18.7 Å². The molecule has 1 heterocycles. The molecule has 5 heteroatoms. The number of thiol groups is 1. The Kier molecular flexibility index (Phi) is 9.04. The van der Waals surface area contributed by atoms with Crippen molar-refractivity contribution in [3.63, 3.8) is 0 Å². The highest BCUT2D eigenvalue weighted by atomic mass is 32.1. The molecular formula is C14H23FN2OS. The Morgan fingerprint density at radius 3 is 2.42 bits per heavy atom. The van der Waals surface area contributed by atoms with Gasteiger partial charge in [-0.1, -0.05) is 13.8 Å². The van der Waals surface area contributed by atoms with E-state index in [1.54, 1.807) is 18.4 Å². The molecule has 2 rings (SSSR count). The molecule has 1 saturated heterocycles. The summed E-state index contributed by atoms with van der Waals surface area (Å²) >= 11 is 3.53. The number of hydrogen-bond acceptors (Lipinski definition) is 3. The van der Waals surface area contributed by atoms with Crippen molar-refractivity contribution < 1.29 is 9.18 Å². The first-order chi connectivity index (χ1) is 9.18. The molecule has 1 fully saturated rings. The second kappa shape index (κ2) is 9.67. The molecule has 1 aliphatic rings. The fourth-order valence-corrected chi connectivity index (χ4v) is 1.80. The SMILES string of the molecule is CC.CS.Nc1ccc(N2CCCCC2=O)c(F)c1. The van der Waals surface area contributed by atoms with E-state index in [-0.39, 0.29) is 5.91 Å². The molecule has 19 heavy (non-hydrogen) atoms. The molecule has 0 spiro atoms. The van der Waals surface area contributed by atoms with E-state index in [4.69, 9.17) is 5.73 Å². The lowest BCUT2D eigenvalue weighted by Crippen LogP contribution is -2.35. The molecule has 1 amide bonds. The van der Waals surface area contributed by atoms with Gasteiger partial charge in [-0.25, -0.2) is 4.39 Å². The summed E-state index contributed by atoms with van der Waals surface area (Å²) in [6, 6.07) is 4.42. The summed E-state index contributed by atoms with van der Waals surface area (Å²) in [5.74, 6) is -0.435. The van der Waals surface area contributed by atoms with Crippen LogP contribution in [-0.2, 0) is 4.79 Å². The first-order valence-electron chi connectivity index (χ1n) is 6.48. The van der Waals surface area contributed by atoms with Gasteiger partial charge < -0.3 is 10.6 Å². The lowest BCUT2D eigenvalue weighted by atomic mass is 10.1. The van der Waals surface area contributed by atoms with Crippen LogP contribution >= 0.6 is 12.6 Å². The van der Waals surface area contributed by atoms with Crippen LogP contribution < -0.4 is 10.6 Å². The van der Waals surface area contributed by atoms with Gasteiger partial charge in [-0.15, -0.1) is 0 Å². The molecule has 0 aliphatic carbocycles. The summed E-state index contributed by atoms with van der Waals surface area (Å²) in [7, 11) is 0. The molecule has 1 aromatic carbocycles. The van der Waals surface area contributed by atoms with E-state index >= 15 is 0 Å². The zero-order valence-electron chi connectivity index (χ0n) is 11.8. The summed E-state index contributed by atoms with van der Waals surface area (Å²) in [4.78, 5) is 13.1. The van der Waals surface area contributed by atoms with Crippen LogP contribution in [0.1, 0.15) is 33.1 Å². The van der Waals surface area contributed by atoms with Crippen molar-refractivity contribution >= 4 is 29.9 Å². The van der Waals surface area contributed by atoms with E-state index in [2.05, 4.69) is 12.6 Å². The summed E-state index contributed by atoms with van der Waals surface area (Å²) < 4.78 is 13.5. The van der Waals surface area contributed by atoms with Gasteiger partial charge >= 0.3 is 0 Å². The predicted molar refractivity (Wildman–Crippen MR) is 83.3 cm³/mol. The molecule has 3 nitrogen and oxygen atoms in total. The Balaban J connectivity index is 0.000000741. The number of carbonyl (C=O) groups excluding carboxylic acids is 1. The Morgan fingerprint density at radius 2 is 1.89 bits per heavy atom. The number of amides is 1. The van der Waals surface area contributed by atoms with Crippen molar-refractivity contribution in [1.82, 2.24) is 0 Å². The normalized spacial score (nSPS) is 13.9. The number of nitrogens with two attached hydrogens (primary N) is 1. The van der Waals surface area contributed by atoms with Crippen molar-refractivity contribution in [1.29, 1.82) is 0 Å². The first-order valence-corrected chi connectivity index (χ1v) is 7.38. The van der Waals surface area contributed by atoms with Crippen LogP contribution in [0, 0.1) is 5.82 Å². The average Bonchev–Trinajstić information content (AvgIpc) is 2.45. The topological polar surface area (TPSA) is 46.3 Å². The lowest BCUT2D eigenvalue weighted by molar-refractivity contribution is -0.119. The van der Waals surface area contributed by atoms with Crippen molar-refractivity contribution in [3.05, 3.63) is 24.0 Å². The van der Waals surface area contributed by atoms with Crippen LogP contribution in [0.5, 0.6) is 0 Å². The van der Waals surface area contributed by atoms with Gasteiger partial charge in [0.15, 0.2) is 0 Å². The number of halogens is 1. The largest absolute Gasteiger partial charge is 0.399 e. The Labute approximate surface area is 120 Å². The molecule has 2 N–H and O–H groups in total. The maximum absolute atomic E-state index is 13.5. The van der Waals surface area contributed by atoms with Gasteiger partial charge in [0.1, 0.15) is 5.82 Å². The predicted octanol–water partition coefficient (Wildman–Crippen LogP) is 3.50. The van der Waals surface area contributed by atoms with E-state index in [1.807, 2.05) is 13.8 Å². The molecule has 0 aromatic heterocycles. The lowest BCUT2D eigenvalue weighted by Gasteiger charge is -2.27. The first kappa shape index (κ1) is 17.8. The highest BCUT2D eigenvalue weighted by molar-refractivity contribution is 7.79. The van der Waals surface area contributed by atoms with Crippen molar-refractivity contribution in [3.8, 4) is 0 Å². The number of anilines is 2. The van der Waals surface area contributed by atoms with Crippen LogP contribution in [0.2, 0.25) is 0 Å². The Bertz CT molecular complexity index is 399. The number of carbonyl (C=O) groups is 1. The minimum absolute atomic E-state index is 0.00933. The number of benzene rings is 1. The second-order valence-corrected chi connectivity index (χ2v) is 3.71. The van der Waals surface area contributed by atoms with Gasteiger partial charge in [0.25, 0.3) is 0 Å². The van der Waals surface area contributed by atoms with Gasteiger partial charge in [0, 0.05) is 18.7 Å². The third-order valence-corrected chi connectivity index (χ3v) is 2.59.